The fourth-order valence-corrected chi connectivity index (χ4v) is 1.72. The number of aryl methyl sites for hydroxylation is 1. The van der Waals surface area contributed by atoms with Crippen molar-refractivity contribution in [3.8, 4) is 0 Å². The van der Waals surface area contributed by atoms with Gasteiger partial charge < -0.3 is 20.5 Å². The van der Waals surface area contributed by atoms with Gasteiger partial charge in [0.05, 0.1) is 6.61 Å². The van der Waals surface area contributed by atoms with Crippen molar-refractivity contribution in [3.05, 3.63) is 29.8 Å². The van der Waals surface area contributed by atoms with Gasteiger partial charge in [-0.25, -0.2) is 0 Å². The van der Waals surface area contributed by atoms with Crippen LogP contribution in [0.1, 0.15) is 19.4 Å². The predicted molar refractivity (Wildman–Crippen MR) is 80.0 cm³/mol. The summed E-state index contributed by atoms with van der Waals surface area (Å²) >= 11 is 0. The number of ether oxygens (including phenoxy) is 1. The molecule has 0 saturated carbocycles. The first kappa shape index (κ1) is 17.1. The summed E-state index contributed by atoms with van der Waals surface area (Å²) in [4.78, 5) is 23.4. The molecule has 0 spiro atoms. The third-order valence-corrected chi connectivity index (χ3v) is 2.91. The number of rotatable bonds is 6. The molecule has 0 unspecified atom stereocenters. The number of carbonyl (C=O) groups is 2. The molecule has 1 aromatic rings. The quantitative estimate of drug-likeness (QED) is 0.674. The summed E-state index contributed by atoms with van der Waals surface area (Å²) < 4.78 is 4.81. The van der Waals surface area contributed by atoms with Crippen molar-refractivity contribution in [1.82, 2.24) is 5.32 Å². The fraction of sp³-hybridized carbons (Fsp3) is 0.467. The van der Waals surface area contributed by atoms with Gasteiger partial charge in [0, 0.05) is 19.3 Å². The van der Waals surface area contributed by atoms with Crippen molar-refractivity contribution in [2.45, 2.75) is 25.9 Å². The second kappa shape index (κ2) is 7.75. The molecule has 0 aliphatic carbocycles. The molecular formula is C15H22N2O4. The van der Waals surface area contributed by atoms with Gasteiger partial charge in [-0.2, -0.15) is 0 Å². The Kier molecular flexibility index (Phi) is 6.33. The molecule has 1 atom stereocenters. The Morgan fingerprint density at radius 3 is 2.38 bits per heavy atom. The summed E-state index contributed by atoms with van der Waals surface area (Å²) in [7, 11) is 1.45. The lowest BCUT2D eigenvalue weighted by Gasteiger charge is -2.22. The van der Waals surface area contributed by atoms with E-state index in [2.05, 4.69) is 10.6 Å². The average molecular weight is 294 g/mol. The van der Waals surface area contributed by atoms with Crippen molar-refractivity contribution >= 4 is 17.5 Å². The molecule has 116 valence electrons. The summed E-state index contributed by atoms with van der Waals surface area (Å²) in [5.41, 5.74) is 0.483. The van der Waals surface area contributed by atoms with Crippen molar-refractivity contribution < 1.29 is 19.4 Å². The number of hydrogen-bond donors (Lipinski definition) is 3. The molecule has 0 saturated heterocycles. The van der Waals surface area contributed by atoms with Gasteiger partial charge in [-0.05, 0) is 31.0 Å². The number of aliphatic hydroxyl groups is 1. The number of carbonyl (C=O) groups excluding carboxylic acids is 2. The molecule has 2 amide bonds. The normalized spacial score (nSPS) is 13.3. The standard InChI is InChI=1S/C15H22N2O4/c1-4-11-5-7-12(8-6-11)17-14(19)13(18)16-9-15(2,20)10-21-3/h5-8,20H,4,9-10H2,1-3H3,(H,16,18)(H,17,19)/t15-/m0/s1. The fourth-order valence-electron chi connectivity index (χ4n) is 1.72. The Hall–Kier alpha value is -1.92. The molecule has 1 rings (SSSR count). The van der Waals surface area contributed by atoms with Crippen molar-refractivity contribution in [1.29, 1.82) is 0 Å². The molecule has 6 heteroatoms. The van der Waals surface area contributed by atoms with Gasteiger partial charge in [-0.1, -0.05) is 19.1 Å². The molecule has 0 fully saturated rings. The van der Waals surface area contributed by atoms with Gasteiger partial charge in [0.15, 0.2) is 0 Å². The zero-order chi connectivity index (χ0) is 15.9. The lowest BCUT2D eigenvalue weighted by atomic mass is 10.1. The zero-order valence-corrected chi connectivity index (χ0v) is 12.6. The second-order valence-electron chi connectivity index (χ2n) is 5.12. The zero-order valence-electron chi connectivity index (χ0n) is 12.6. The second-order valence-corrected chi connectivity index (χ2v) is 5.12. The molecule has 0 aliphatic rings. The topological polar surface area (TPSA) is 87.7 Å². The molecule has 0 heterocycles. The Morgan fingerprint density at radius 2 is 1.86 bits per heavy atom. The monoisotopic (exact) mass is 294 g/mol. The third-order valence-electron chi connectivity index (χ3n) is 2.91. The van der Waals surface area contributed by atoms with Crippen molar-refractivity contribution in [2.24, 2.45) is 0 Å². The average Bonchev–Trinajstić information content (AvgIpc) is 2.45. The Balaban J connectivity index is 2.49. The summed E-state index contributed by atoms with van der Waals surface area (Å²) in [5, 5.41) is 14.7. The van der Waals surface area contributed by atoms with Crippen LogP contribution in [0, 0.1) is 0 Å². The molecule has 0 aromatic heterocycles. The first-order valence-corrected chi connectivity index (χ1v) is 6.77. The first-order chi connectivity index (χ1) is 9.88. The van der Waals surface area contributed by atoms with E-state index in [1.165, 1.54) is 14.0 Å². The van der Waals surface area contributed by atoms with Crippen LogP contribution in [-0.4, -0.2) is 42.8 Å². The maximum absolute atomic E-state index is 11.7. The minimum atomic E-state index is -1.21. The van der Waals surface area contributed by atoms with E-state index >= 15 is 0 Å². The predicted octanol–water partition coefficient (Wildman–Crippen LogP) is 0.701. The highest BCUT2D eigenvalue weighted by atomic mass is 16.5. The van der Waals surface area contributed by atoms with Gasteiger partial charge in [-0.3, -0.25) is 9.59 Å². The molecule has 0 radical (unpaired) electrons. The Bertz CT molecular complexity index is 483. The number of anilines is 1. The van der Waals surface area contributed by atoms with Crippen LogP contribution in [0.4, 0.5) is 5.69 Å². The lowest BCUT2D eigenvalue weighted by molar-refractivity contribution is -0.137. The van der Waals surface area contributed by atoms with Gasteiger partial charge in [0.1, 0.15) is 5.60 Å². The molecule has 0 aliphatic heterocycles. The summed E-state index contributed by atoms with van der Waals surface area (Å²) in [6.45, 7) is 3.54. The summed E-state index contributed by atoms with van der Waals surface area (Å²) in [5.74, 6) is -1.57. The van der Waals surface area contributed by atoms with Crippen molar-refractivity contribution in [2.75, 3.05) is 25.6 Å². The van der Waals surface area contributed by atoms with Crippen LogP contribution in [0.25, 0.3) is 0 Å². The molecule has 0 bridgehead atoms. The molecular weight excluding hydrogens is 272 g/mol. The summed E-state index contributed by atoms with van der Waals surface area (Å²) in [6, 6.07) is 7.25. The third kappa shape index (κ3) is 5.93. The van der Waals surface area contributed by atoms with Crippen LogP contribution >= 0.6 is 0 Å². The Labute approximate surface area is 124 Å². The minimum absolute atomic E-state index is 0.0629. The maximum Gasteiger partial charge on any atom is 0.313 e. The summed E-state index contributed by atoms with van der Waals surface area (Å²) in [6.07, 6.45) is 0.906. The number of methoxy groups -OCH3 is 1. The van der Waals surface area contributed by atoms with E-state index in [0.29, 0.717) is 5.69 Å². The number of hydrogen-bond acceptors (Lipinski definition) is 4. The smallest absolute Gasteiger partial charge is 0.313 e. The van der Waals surface area contributed by atoms with E-state index in [0.717, 1.165) is 12.0 Å². The van der Waals surface area contributed by atoms with E-state index in [-0.39, 0.29) is 13.2 Å². The molecule has 1 aromatic carbocycles. The Morgan fingerprint density at radius 1 is 1.24 bits per heavy atom. The molecule has 6 nitrogen and oxygen atoms in total. The van der Waals surface area contributed by atoms with Crippen LogP contribution in [0.3, 0.4) is 0 Å². The van der Waals surface area contributed by atoms with Crippen molar-refractivity contribution in [3.63, 3.8) is 0 Å². The highest BCUT2D eigenvalue weighted by Gasteiger charge is 2.23. The highest BCUT2D eigenvalue weighted by Crippen LogP contribution is 2.09. The van der Waals surface area contributed by atoms with Crippen LogP contribution < -0.4 is 10.6 Å². The van der Waals surface area contributed by atoms with Gasteiger partial charge in [-0.15, -0.1) is 0 Å². The van der Waals surface area contributed by atoms with Crippen LogP contribution in [0.5, 0.6) is 0 Å². The van der Waals surface area contributed by atoms with Gasteiger partial charge >= 0.3 is 11.8 Å². The number of nitrogens with one attached hydrogen (secondary N) is 2. The minimum Gasteiger partial charge on any atom is -0.386 e. The van der Waals surface area contributed by atoms with Gasteiger partial charge in [0.25, 0.3) is 0 Å². The SMILES string of the molecule is CCc1ccc(NC(=O)C(=O)NC[C@](C)(O)COC)cc1. The van der Waals surface area contributed by atoms with Crippen LogP contribution in [-0.2, 0) is 20.7 Å². The van der Waals surface area contributed by atoms with Crippen LogP contribution in [0.15, 0.2) is 24.3 Å². The molecule has 21 heavy (non-hydrogen) atoms. The van der Waals surface area contributed by atoms with Crippen LogP contribution in [0.2, 0.25) is 0 Å². The maximum atomic E-state index is 11.7. The lowest BCUT2D eigenvalue weighted by Crippen LogP contribution is -2.46. The molecule has 3 N–H and O–H groups in total. The van der Waals surface area contributed by atoms with E-state index in [1.807, 2.05) is 19.1 Å². The van der Waals surface area contributed by atoms with E-state index in [4.69, 9.17) is 4.74 Å². The highest BCUT2D eigenvalue weighted by molar-refractivity contribution is 6.39. The number of amides is 2. The van der Waals surface area contributed by atoms with Gasteiger partial charge in [0.2, 0.25) is 0 Å². The largest absolute Gasteiger partial charge is 0.386 e. The number of benzene rings is 1. The van der Waals surface area contributed by atoms with E-state index in [1.54, 1.807) is 12.1 Å². The van der Waals surface area contributed by atoms with E-state index < -0.39 is 17.4 Å². The van der Waals surface area contributed by atoms with E-state index in [9.17, 15) is 14.7 Å². The first-order valence-electron chi connectivity index (χ1n) is 6.77.